The van der Waals surface area contributed by atoms with Gasteiger partial charge in [0.15, 0.2) is 0 Å². The van der Waals surface area contributed by atoms with Gasteiger partial charge in [-0.2, -0.15) is 0 Å². The molecule has 1 amide bonds. The molecule has 0 radical (unpaired) electrons. The predicted octanol–water partition coefficient (Wildman–Crippen LogP) is 1.94. The molecule has 3 N–H and O–H groups in total. The van der Waals surface area contributed by atoms with Crippen molar-refractivity contribution in [2.75, 3.05) is 19.7 Å². The second-order valence-corrected chi connectivity index (χ2v) is 7.25. The summed E-state index contributed by atoms with van der Waals surface area (Å²) in [4.78, 5) is 13.4. The monoisotopic (exact) mass is 320 g/mol. The molecular weight excluding hydrogens is 292 g/mol. The SMILES string of the molecule is CCc1cc(CN2CCO[C@H](C(N)=O)C2)c(O)c(C(C)(C)C)c1. The Morgan fingerprint density at radius 2 is 2.13 bits per heavy atom. The summed E-state index contributed by atoms with van der Waals surface area (Å²) in [6, 6.07) is 4.14. The van der Waals surface area contributed by atoms with Crippen molar-refractivity contribution >= 4 is 5.91 Å². The van der Waals surface area contributed by atoms with E-state index in [1.807, 2.05) is 0 Å². The van der Waals surface area contributed by atoms with Crippen LogP contribution in [0.5, 0.6) is 5.75 Å². The first kappa shape index (κ1) is 17.8. The van der Waals surface area contributed by atoms with E-state index in [0.29, 0.717) is 25.4 Å². The lowest BCUT2D eigenvalue weighted by Crippen LogP contribution is -2.47. The van der Waals surface area contributed by atoms with E-state index in [1.165, 1.54) is 5.56 Å². The molecular formula is C18H28N2O3. The Balaban J connectivity index is 2.27. The number of amides is 1. The molecule has 23 heavy (non-hydrogen) atoms. The van der Waals surface area contributed by atoms with Crippen LogP contribution >= 0.6 is 0 Å². The fraction of sp³-hybridized carbons (Fsp3) is 0.611. The highest BCUT2D eigenvalue weighted by molar-refractivity contribution is 5.79. The minimum Gasteiger partial charge on any atom is -0.507 e. The summed E-state index contributed by atoms with van der Waals surface area (Å²) >= 11 is 0. The topological polar surface area (TPSA) is 75.8 Å². The maximum Gasteiger partial charge on any atom is 0.247 e. The van der Waals surface area contributed by atoms with E-state index in [9.17, 15) is 9.90 Å². The third-order valence-corrected chi connectivity index (χ3v) is 4.33. The largest absolute Gasteiger partial charge is 0.507 e. The van der Waals surface area contributed by atoms with Crippen LogP contribution in [-0.2, 0) is 27.9 Å². The number of aryl methyl sites for hydroxylation is 1. The molecule has 1 saturated heterocycles. The maximum absolute atomic E-state index is 11.3. The highest BCUT2D eigenvalue weighted by Crippen LogP contribution is 2.35. The lowest BCUT2D eigenvalue weighted by molar-refractivity contribution is -0.135. The third kappa shape index (κ3) is 4.24. The fourth-order valence-corrected chi connectivity index (χ4v) is 2.92. The van der Waals surface area contributed by atoms with Crippen LogP contribution in [0.3, 0.4) is 0 Å². The zero-order valence-electron chi connectivity index (χ0n) is 14.6. The Hall–Kier alpha value is -1.59. The van der Waals surface area contributed by atoms with Crippen LogP contribution < -0.4 is 5.73 Å². The molecule has 0 aliphatic carbocycles. The molecule has 1 fully saturated rings. The van der Waals surface area contributed by atoms with Crippen molar-refractivity contribution in [3.05, 3.63) is 28.8 Å². The standard InChI is InChI=1S/C18H28N2O3/c1-5-12-8-13(16(21)14(9-12)18(2,3)4)10-20-6-7-23-15(11-20)17(19)22/h8-9,15,21H,5-7,10-11H2,1-4H3,(H2,19,22)/t15-/m0/s1. The van der Waals surface area contributed by atoms with Gasteiger partial charge in [0.05, 0.1) is 6.61 Å². The highest BCUT2D eigenvalue weighted by atomic mass is 16.5. The van der Waals surface area contributed by atoms with Gasteiger partial charge in [0.25, 0.3) is 0 Å². The van der Waals surface area contributed by atoms with Crippen molar-refractivity contribution in [3.8, 4) is 5.75 Å². The van der Waals surface area contributed by atoms with Gasteiger partial charge in [-0.3, -0.25) is 9.69 Å². The van der Waals surface area contributed by atoms with Gasteiger partial charge in [0, 0.05) is 25.2 Å². The number of phenols is 1. The quantitative estimate of drug-likeness (QED) is 0.889. The molecule has 0 bridgehead atoms. The number of carbonyl (C=O) groups excluding carboxylic acids is 1. The number of nitrogens with zero attached hydrogens (tertiary/aromatic N) is 1. The van der Waals surface area contributed by atoms with Gasteiger partial charge in [-0.15, -0.1) is 0 Å². The fourth-order valence-electron chi connectivity index (χ4n) is 2.92. The molecule has 0 spiro atoms. The number of aromatic hydroxyl groups is 1. The third-order valence-electron chi connectivity index (χ3n) is 4.33. The van der Waals surface area contributed by atoms with Crippen molar-refractivity contribution < 1.29 is 14.6 Å². The molecule has 1 aliphatic heterocycles. The number of phenolic OH excluding ortho intramolecular Hbond substituents is 1. The average molecular weight is 320 g/mol. The van der Waals surface area contributed by atoms with E-state index in [2.05, 4.69) is 44.7 Å². The summed E-state index contributed by atoms with van der Waals surface area (Å²) in [5, 5.41) is 10.7. The van der Waals surface area contributed by atoms with Crippen LogP contribution in [0.4, 0.5) is 0 Å². The summed E-state index contributed by atoms with van der Waals surface area (Å²) < 4.78 is 5.38. The van der Waals surface area contributed by atoms with E-state index in [0.717, 1.165) is 24.1 Å². The Kier molecular flexibility index (Phi) is 5.32. The Labute approximate surface area is 138 Å². The lowest BCUT2D eigenvalue weighted by Gasteiger charge is -2.32. The summed E-state index contributed by atoms with van der Waals surface area (Å²) in [5.41, 5.74) is 8.30. The van der Waals surface area contributed by atoms with Gasteiger partial charge in [0.2, 0.25) is 5.91 Å². The zero-order chi connectivity index (χ0) is 17.2. The van der Waals surface area contributed by atoms with Crippen LogP contribution in [0.25, 0.3) is 0 Å². The number of ether oxygens (including phenoxy) is 1. The van der Waals surface area contributed by atoms with E-state index in [1.54, 1.807) is 0 Å². The number of nitrogens with two attached hydrogens (primary N) is 1. The van der Waals surface area contributed by atoms with E-state index < -0.39 is 12.0 Å². The Morgan fingerprint density at radius 1 is 1.43 bits per heavy atom. The normalized spacial score (nSPS) is 19.7. The molecule has 0 aromatic heterocycles. The second-order valence-electron chi connectivity index (χ2n) is 7.25. The number of morpholine rings is 1. The number of rotatable bonds is 4. The number of primary amides is 1. The molecule has 1 aromatic carbocycles. The van der Waals surface area contributed by atoms with Crippen LogP contribution in [0.1, 0.15) is 44.4 Å². The number of hydrogen-bond donors (Lipinski definition) is 2. The average Bonchev–Trinajstić information content (AvgIpc) is 2.48. The Bertz CT molecular complexity index is 578. The van der Waals surface area contributed by atoms with Gasteiger partial charge in [0.1, 0.15) is 11.9 Å². The van der Waals surface area contributed by atoms with Crippen molar-refractivity contribution in [3.63, 3.8) is 0 Å². The van der Waals surface area contributed by atoms with Gasteiger partial charge in [-0.05, 0) is 23.0 Å². The molecule has 1 atom stereocenters. The number of hydrogen-bond acceptors (Lipinski definition) is 4. The van der Waals surface area contributed by atoms with E-state index in [4.69, 9.17) is 10.5 Å². The van der Waals surface area contributed by atoms with Crippen LogP contribution in [0, 0.1) is 0 Å². The summed E-state index contributed by atoms with van der Waals surface area (Å²) in [6.45, 7) is 10.7. The highest BCUT2D eigenvalue weighted by Gasteiger charge is 2.27. The first-order valence-corrected chi connectivity index (χ1v) is 8.21. The molecule has 2 rings (SSSR count). The summed E-state index contributed by atoms with van der Waals surface area (Å²) in [5.74, 6) is -0.0755. The van der Waals surface area contributed by atoms with E-state index in [-0.39, 0.29) is 5.41 Å². The van der Waals surface area contributed by atoms with Gasteiger partial charge in [-0.25, -0.2) is 0 Å². The molecule has 0 saturated carbocycles. The van der Waals surface area contributed by atoms with Crippen LogP contribution in [0.2, 0.25) is 0 Å². The van der Waals surface area contributed by atoms with E-state index >= 15 is 0 Å². The van der Waals surface area contributed by atoms with Crippen molar-refractivity contribution in [1.29, 1.82) is 0 Å². The van der Waals surface area contributed by atoms with Crippen molar-refractivity contribution in [1.82, 2.24) is 4.90 Å². The zero-order valence-corrected chi connectivity index (χ0v) is 14.6. The molecule has 1 aromatic rings. The van der Waals surface area contributed by atoms with Crippen molar-refractivity contribution in [2.45, 2.75) is 52.2 Å². The first-order valence-electron chi connectivity index (χ1n) is 8.21. The molecule has 128 valence electrons. The maximum atomic E-state index is 11.3. The van der Waals surface area contributed by atoms with Crippen molar-refractivity contribution in [2.24, 2.45) is 5.73 Å². The molecule has 5 nitrogen and oxygen atoms in total. The number of carbonyl (C=O) groups is 1. The minimum atomic E-state index is -0.567. The molecule has 0 unspecified atom stereocenters. The smallest absolute Gasteiger partial charge is 0.247 e. The lowest BCUT2D eigenvalue weighted by atomic mass is 9.83. The van der Waals surface area contributed by atoms with Gasteiger partial charge < -0.3 is 15.6 Å². The molecule has 5 heteroatoms. The van der Waals surface area contributed by atoms with Crippen LogP contribution in [0.15, 0.2) is 12.1 Å². The number of benzene rings is 1. The first-order chi connectivity index (χ1) is 10.7. The predicted molar refractivity (Wildman–Crippen MR) is 90.4 cm³/mol. The summed E-state index contributed by atoms with van der Waals surface area (Å²) in [6.07, 6.45) is 0.353. The minimum absolute atomic E-state index is 0.120. The van der Waals surface area contributed by atoms with Gasteiger partial charge >= 0.3 is 0 Å². The molecule has 1 aliphatic rings. The summed E-state index contributed by atoms with van der Waals surface area (Å²) in [7, 11) is 0. The molecule has 1 heterocycles. The second kappa shape index (κ2) is 6.89. The van der Waals surface area contributed by atoms with Gasteiger partial charge in [-0.1, -0.05) is 39.8 Å². The van der Waals surface area contributed by atoms with Crippen LogP contribution in [-0.4, -0.2) is 41.7 Å². The Morgan fingerprint density at radius 3 is 2.70 bits per heavy atom.